The van der Waals surface area contributed by atoms with Gasteiger partial charge in [0, 0.05) is 31.5 Å². The Morgan fingerprint density at radius 3 is 2.52 bits per heavy atom. The number of Topliss-reactive ketones (excluding diaryl/α,β-unsaturated/α-hetero) is 1. The Morgan fingerprint density at radius 1 is 0.903 bits per heavy atom. The number of ketones is 1. The van der Waals surface area contributed by atoms with E-state index in [1.165, 1.54) is 25.8 Å². The Kier molecular flexibility index (Phi) is 4.78. The zero-order chi connectivity index (χ0) is 21.7. The summed E-state index contributed by atoms with van der Waals surface area (Å²) in [5, 5.41) is 22.1. The van der Waals surface area contributed by atoms with E-state index in [4.69, 9.17) is 0 Å². The lowest BCUT2D eigenvalue weighted by molar-refractivity contribution is -0.175. The summed E-state index contributed by atoms with van der Waals surface area (Å²) in [6.07, 6.45) is 9.08. The van der Waals surface area contributed by atoms with E-state index in [9.17, 15) is 15.0 Å². The molecule has 12 atom stereocenters. The lowest BCUT2D eigenvalue weighted by Crippen LogP contribution is -2.67. The number of hydrogen-bond donors (Lipinski definition) is 2. The second-order valence-electron chi connectivity index (χ2n) is 13.2. The third-order valence-corrected chi connectivity index (χ3v) is 11.8. The van der Waals surface area contributed by atoms with Crippen LogP contribution in [-0.4, -0.2) is 51.7 Å². The fourth-order valence-electron chi connectivity index (χ4n) is 10.4. The van der Waals surface area contributed by atoms with Crippen LogP contribution >= 0.6 is 0 Å². The van der Waals surface area contributed by atoms with Crippen molar-refractivity contribution in [1.29, 1.82) is 0 Å². The van der Waals surface area contributed by atoms with Gasteiger partial charge in [-0.3, -0.25) is 9.69 Å². The summed E-state index contributed by atoms with van der Waals surface area (Å²) in [6, 6.07) is 0.341. The molecule has 2 saturated heterocycles. The lowest BCUT2D eigenvalue weighted by Gasteiger charge is -2.59. The maximum atomic E-state index is 13.2. The van der Waals surface area contributed by atoms with Crippen LogP contribution in [0.5, 0.6) is 0 Å². The van der Waals surface area contributed by atoms with Gasteiger partial charge in [-0.15, -0.1) is 0 Å². The number of piperidine rings is 2. The molecule has 2 N–H and O–H groups in total. The maximum Gasteiger partial charge on any atom is 0.136 e. The highest BCUT2D eigenvalue weighted by Crippen LogP contribution is 2.66. The van der Waals surface area contributed by atoms with Crippen molar-refractivity contribution in [3.05, 3.63) is 0 Å². The van der Waals surface area contributed by atoms with Crippen LogP contribution in [0, 0.1) is 52.8 Å². The molecule has 0 aromatic carbocycles. The Labute approximate surface area is 188 Å². The van der Waals surface area contributed by atoms with Gasteiger partial charge in [0.2, 0.25) is 0 Å². The zero-order valence-electron chi connectivity index (χ0n) is 19.8. The first kappa shape index (κ1) is 21.1. The Balaban J connectivity index is 1.31. The number of carbonyl (C=O) groups excluding carboxylic acids is 1. The second kappa shape index (κ2) is 7.03. The van der Waals surface area contributed by atoms with Crippen LogP contribution < -0.4 is 0 Å². The Bertz CT molecular complexity index is 751. The van der Waals surface area contributed by atoms with Crippen molar-refractivity contribution in [1.82, 2.24) is 4.90 Å². The fourth-order valence-corrected chi connectivity index (χ4v) is 10.4. The summed E-state index contributed by atoms with van der Waals surface area (Å²) in [5.74, 6) is 4.82. The van der Waals surface area contributed by atoms with Gasteiger partial charge in [-0.25, -0.2) is 0 Å². The van der Waals surface area contributed by atoms with Gasteiger partial charge in [-0.2, -0.15) is 0 Å². The molecule has 0 radical (unpaired) electrons. The van der Waals surface area contributed by atoms with Crippen molar-refractivity contribution < 1.29 is 15.0 Å². The molecule has 6 rings (SSSR count). The minimum Gasteiger partial charge on any atom is -0.393 e. The number of aliphatic hydroxyl groups is 2. The maximum absolute atomic E-state index is 13.2. The molecule has 4 saturated carbocycles. The number of nitrogens with zero attached hydrogens (tertiary/aromatic N) is 1. The smallest absolute Gasteiger partial charge is 0.136 e. The first-order valence-electron chi connectivity index (χ1n) is 13.4. The molecule has 4 nitrogen and oxygen atoms in total. The summed E-state index contributed by atoms with van der Waals surface area (Å²) < 4.78 is 0. The number of aliphatic hydroxyl groups excluding tert-OH is 1. The summed E-state index contributed by atoms with van der Waals surface area (Å²) in [4.78, 5) is 15.9. The standard InChI is InChI=1S/C27H43NO3/c1-15-4-7-25-27(3,31)21-6-5-17-18(20(21)14-28(25)13-15)11-22-19(17)12-24(30)23-10-16(29)8-9-26(22,23)2/h15-23,25,29,31H,4-14H2,1-3H3/t15?,16-,17?,18?,19?,20?,21?,22?,23?,25?,26-,27+/m1/s1. The van der Waals surface area contributed by atoms with Crippen LogP contribution in [0.25, 0.3) is 0 Å². The van der Waals surface area contributed by atoms with E-state index in [0.717, 1.165) is 44.6 Å². The average Bonchev–Trinajstić information content (AvgIpc) is 3.09. The van der Waals surface area contributed by atoms with E-state index in [-0.39, 0.29) is 17.4 Å². The zero-order valence-corrected chi connectivity index (χ0v) is 19.8. The normalized spacial score (nSPS) is 59.2. The van der Waals surface area contributed by atoms with E-state index in [1.807, 2.05) is 0 Å². The summed E-state index contributed by atoms with van der Waals surface area (Å²) in [5.41, 5.74) is -0.482. The molecule has 0 aromatic heterocycles. The predicted octanol–water partition coefficient (Wildman–Crippen LogP) is 3.89. The number of hydrogen-bond acceptors (Lipinski definition) is 4. The van der Waals surface area contributed by atoms with E-state index in [2.05, 4.69) is 25.7 Å². The third kappa shape index (κ3) is 2.93. The number of carbonyl (C=O) groups is 1. The molecule has 174 valence electrons. The minimum atomic E-state index is -0.570. The van der Waals surface area contributed by atoms with E-state index >= 15 is 0 Å². The lowest BCUT2D eigenvalue weighted by atomic mass is 9.51. The Hall–Kier alpha value is -0.450. The van der Waals surface area contributed by atoms with Crippen LogP contribution in [0.3, 0.4) is 0 Å². The van der Waals surface area contributed by atoms with Crippen LogP contribution in [0.4, 0.5) is 0 Å². The monoisotopic (exact) mass is 429 g/mol. The highest BCUT2D eigenvalue weighted by atomic mass is 16.3. The van der Waals surface area contributed by atoms with Gasteiger partial charge in [0.05, 0.1) is 11.7 Å². The molecule has 0 amide bonds. The molecule has 4 heteroatoms. The average molecular weight is 430 g/mol. The van der Waals surface area contributed by atoms with E-state index < -0.39 is 5.60 Å². The molecule has 4 aliphatic carbocycles. The van der Waals surface area contributed by atoms with Crippen molar-refractivity contribution in [3.63, 3.8) is 0 Å². The van der Waals surface area contributed by atoms with Gasteiger partial charge in [0.1, 0.15) is 5.78 Å². The molecule has 6 fully saturated rings. The number of rotatable bonds is 0. The Morgan fingerprint density at radius 2 is 1.71 bits per heavy atom. The molecule has 6 aliphatic rings. The molecular formula is C27H43NO3. The largest absolute Gasteiger partial charge is 0.393 e. The molecule has 2 aliphatic heterocycles. The van der Waals surface area contributed by atoms with Gasteiger partial charge in [0.25, 0.3) is 0 Å². The number of fused-ring (bicyclic) bond motifs is 8. The van der Waals surface area contributed by atoms with Crippen molar-refractivity contribution in [2.24, 2.45) is 52.8 Å². The van der Waals surface area contributed by atoms with Gasteiger partial charge in [0.15, 0.2) is 0 Å². The molecule has 0 bridgehead atoms. The molecule has 0 aromatic rings. The van der Waals surface area contributed by atoms with Gasteiger partial charge in [-0.05, 0) is 105 Å². The summed E-state index contributed by atoms with van der Waals surface area (Å²) in [7, 11) is 0. The van der Waals surface area contributed by atoms with Crippen molar-refractivity contribution in [2.75, 3.05) is 13.1 Å². The van der Waals surface area contributed by atoms with Crippen LogP contribution in [-0.2, 0) is 4.79 Å². The topological polar surface area (TPSA) is 60.8 Å². The quantitative estimate of drug-likeness (QED) is 0.613. The fraction of sp³-hybridized carbons (Fsp3) is 0.963. The summed E-state index contributed by atoms with van der Waals surface area (Å²) >= 11 is 0. The molecular weight excluding hydrogens is 386 g/mol. The molecule has 31 heavy (non-hydrogen) atoms. The first-order chi connectivity index (χ1) is 14.7. The summed E-state index contributed by atoms with van der Waals surface area (Å²) in [6.45, 7) is 9.23. The third-order valence-electron chi connectivity index (χ3n) is 11.8. The van der Waals surface area contributed by atoms with Gasteiger partial charge >= 0.3 is 0 Å². The van der Waals surface area contributed by atoms with Crippen molar-refractivity contribution in [3.8, 4) is 0 Å². The van der Waals surface area contributed by atoms with Crippen LogP contribution in [0.2, 0.25) is 0 Å². The van der Waals surface area contributed by atoms with Crippen molar-refractivity contribution in [2.45, 2.75) is 96.3 Å². The van der Waals surface area contributed by atoms with Gasteiger partial charge in [-0.1, -0.05) is 13.8 Å². The molecule has 0 spiro atoms. The minimum absolute atomic E-state index is 0.0789. The highest BCUT2D eigenvalue weighted by Gasteiger charge is 2.64. The second-order valence-corrected chi connectivity index (χ2v) is 13.2. The van der Waals surface area contributed by atoms with Crippen LogP contribution in [0.15, 0.2) is 0 Å². The van der Waals surface area contributed by atoms with E-state index in [0.29, 0.717) is 53.8 Å². The van der Waals surface area contributed by atoms with Crippen LogP contribution in [0.1, 0.15) is 78.6 Å². The SMILES string of the molecule is CC1CCC2N(C1)CC1C3CC4C(CC(=O)C5C[C@H](O)CC[C@@]54C)C3CCC1[C@]2(C)O. The first-order valence-corrected chi connectivity index (χ1v) is 13.4. The van der Waals surface area contributed by atoms with E-state index in [1.54, 1.807) is 0 Å². The highest BCUT2D eigenvalue weighted by molar-refractivity contribution is 5.83. The molecule has 2 heterocycles. The predicted molar refractivity (Wildman–Crippen MR) is 120 cm³/mol. The van der Waals surface area contributed by atoms with Crippen molar-refractivity contribution >= 4 is 5.78 Å². The van der Waals surface area contributed by atoms with Gasteiger partial charge < -0.3 is 10.2 Å². The molecule has 9 unspecified atom stereocenters.